The third-order valence-corrected chi connectivity index (χ3v) is 4.95. The van der Waals surface area contributed by atoms with Crippen LogP contribution < -0.4 is 10.6 Å². The van der Waals surface area contributed by atoms with Crippen molar-refractivity contribution in [2.45, 2.75) is 25.7 Å². The molecule has 1 amide bonds. The number of nitrogens with one attached hydrogen (secondary N) is 2. The van der Waals surface area contributed by atoms with Crippen molar-refractivity contribution in [1.82, 2.24) is 10.6 Å². The SMILES string of the molecule is Cl.O=C(CCC1CCNC1)NCCc1ccc(Br)s1. The summed E-state index contributed by atoms with van der Waals surface area (Å²) in [4.78, 5) is 13.0. The summed E-state index contributed by atoms with van der Waals surface area (Å²) in [6.07, 6.45) is 3.83. The van der Waals surface area contributed by atoms with Gasteiger partial charge in [0.1, 0.15) is 0 Å². The lowest BCUT2D eigenvalue weighted by molar-refractivity contribution is -0.121. The van der Waals surface area contributed by atoms with Crippen LogP contribution >= 0.6 is 39.7 Å². The van der Waals surface area contributed by atoms with Crippen molar-refractivity contribution in [2.24, 2.45) is 5.92 Å². The van der Waals surface area contributed by atoms with E-state index < -0.39 is 0 Å². The normalized spacial score (nSPS) is 18.1. The Kier molecular flexibility index (Phi) is 7.99. The predicted octanol–water partition coefficient (Wildman–Crippen LogP) is 2.98. The van der Waals surface area contributed by atoms with Crippen molar-refractivity contribution in [2.75, 3.05) is 19.6 Å². The Balaban J connectivity index is 0.00000180. The largest absolute Gasteiger partial charge is 0.356 e. The summed E-state index contributed by atoms with van der Waals surface area (Å²) in [5, 5.41) is 6.32. The number of carbonyl (C=O) groups excluding carboxylic acids is 1. The molecule has 3 nitrogen and oxygen atoms in total. The molecule has 2 N–H and O–H groups in total. The Morgan fingerprint density at radius 1 is 1.53 bits per heavy atom. The second-order valence-electron chi connectivity index (χ2n) is 4.70. The molecule has 1 aliphatic heterocycles. The number of rotatable bonds is 6. The third-order valence-electron chi connectivity index (χ3n) is 3.26. The number of halogens is 2. The van der Waals surface area contributed by atoms with Crippen LogP contribution in [0, 0.1) is 5.92 Å². The van der Waals surface area contributed by atoms with E-state index in [0.29, 0.717) is 12.3 Å². The first-order chi connectivity index (χ1) is 8.74. The molecule has 108 valence electrons. The van der Waals surface area contributed by atoms with Crippen LogP contribution in [0.2, 0.25) is 0 Å². The zero-order valence-electron chi connectivity index (χ0n) is 10.8. The highest BCUT2D eigenvalue weighted by Crippen LogP contribution is 2.22. The first-order valence-corrected chi connectivity index (χ1v) is 8.06. The van der Waals surface area contributed by atoms with E-state index in [0.717, 1.165) is 36.3 Å². The van der Waals surface area contributed by atoms with Crippen molar-refractivity contribution in [3.05, 3.63) is 20.8 Å². The van der Waals surface area contributed by atoms with Crippen molar-refractivity contribution in [1.29, 1.82) is 0 Å². The first-order valence-electron chi connectivity index (χ1n) is 6.45. The maximum absolute atomic E-state index is 11.7. The Morgan fingerprint density at radius 3 is 3.00 bits per heavy atom. The van der Waals surface area contributed by atoms with Gasteiger partial charge in [-0.25, -0.2) is 0 Å². The molecule has 0 aromatic carbocycles. The molecule has 1 saturated heterocycles. The van der Waals surface area contributed by atoms with Crippen molar-refractivity contribution < 1.29 is 4.79 Å². The number of amides is 1. The minimum atomic E-state index is 0. The monoisotopic (exact) mass is 366 g/mol. The van der Waals surface area contributed by atoms with Gasteiger partial charge in [-0.3, -0.25) is 4.79 Å². The lowest BCUT2D eigenvalue weighted by Crippen LogP contribution is -2.26. The Morgan fingerprint density at radius 2 is 2.37 bits per heavy atom. The quantitative estimate of drug-likeness (QED) is 0.811. The van der Waals surface area contributed by atoms with E-state index in [2.05, 4.69) is 38.7 Å². The van der Waals surface area contributed by atoms with Gasteiger partial charge in [0.15, 0.2) is 0 Å². The van der Waals surface area contributed by atoms with Crippen LogP contribution in [0.15, 0.2) is 15.9 Å². The molecule has 1 atom stereocenters. The van der Waals surface area contributed by atoms with Gasteiger partial charge >= 0.3 is 0 Å². The fourth-order valence-electron chi connectivity index (χ4n) is 2.20. The lowest BCUT2D eigenvalue weighted by Gasteiger charge is -2.08. The van der Waals surface area contributed by atoms with Gasteiger partial charge in [-0.2, -0.15) is 0 Å². The molecule has 1 aromatic heterocycles. The summed E-state index contributed by atoms with van der Waals surface area (Å²) in [6.45, 7) is 2.94. The van der Waals surface area contributed by atoms with Crippen LogP contribution in [0.3, 0.4) is 0 Å². The van der Waals surface area contributed by atoms with Crippen LogP contribution in [0.5, 0.6) is 0 Å². The van der Waals surface area contributed by atoms with Gasteiger partial charge in [0.2, 0.25) is 5.91 Å². The van der Waals surface area contributed by atoms with Gasteiger partial charge in [0.05, 0.1) is 3.79 Å². The van der Waals surface area contributed by atoms with Crippen LogP contribution in [-0.2, 0) is 11.2 Å². The minimum absolute atomic E-state index is 0. The fraction of sp³-hybridized carbons (Fsp3) is 0.615. The van der Waals surface area contributed by atoms with Gasteiger partial charge in [0.25, 0.3) is 0 Å². The van der Waals surface area contributed by atoms with Crippen molar-refractivity contribution in [3.8, 4) is 0 Å². The van der Waals surface area contributed by atoms with Crippen molar-refractivity contribution >= 4 is 45.6 Å². The molecule has 0 saturated carbocycles. The van der Waals surface area contributed by atoms with E-state index in [1.165, 1.54) is 11.3 Å². The van der Waals surface area contributed by atoms with E-state index in [9.17, 15) is 4.79 Å². The number of hydrogen-bond donors (Lipinski definition) is 2. The molecule has 6 heteroatoms. The van der Waals surface area contributed by atoms with Gasteiger partial charge in [0, 0.05) is 17.8 Å². The van der Waals surface area contributed by atoms with Crippen molar-refractivity contribution in [3.63, 3.8) is 0 Å². The second-order valence-corrected chi connectivity index (χ2v) is 7.25. The summed E-state index contributed by atoms with van der Waals surface area (Å²) in [5.41, 5.74) is 0. The molecule has 19 heavy (non-hydrogen) atoms. The first kappa shape index (κ1) is 17.0. The van der Waals surface area contributed by atoms with Crippen LogP contribution in [0.25, 0.3) is 0 Å². The molecule has 1 fully saturated rings. The van der Waals surface area contributed by atoms with Gasteiger partial charge < -0.3 is 10.6 Å². The van der Waals surface area contributed by atoms with Crippen LogP contribution in [0.1, 0.15) is 24.1 Å². The average molecular weight is 368 g/mol. The zero-order chi connectivity index (χ0) is 12.8. The number of hydrogen-bond acceptors (Lipinski definition) is 3. The summed E-state index contributed by atoms with van der Waals surface area (Å²) < 4.78 is 1.15. The molecule has 0 spiro atoms. The highest BCUT2D eigenvalue weighted by molar-refractivity contribution is 9.11. The Hall–Kier alpha value is -0.100. The molecule has 0 aliphatic carbocycles. The molecular formula is C13H20BrClN2OS. The molecule has 0 radical (unpaired) electrons. The van der Waals surface area contributed by atoms with Crippen LogP contribution in [0.4, 0.5) is 0 Å². The third kappa shape index (κ3) is 6.25. The minimum Gasteiger partial charge on any atom is -0.356 e. The molecule has 1 aromatic rings. The molecule has 2 rings (SSSR count). The van der Waals surface area contributed by atoms with E-state index in [1.54, 1.807) is 11.3 Å². The summed E-state index contributed by atoms with van der Waals surface area (Å²) in [5.74, 6) is 0.890. The van der Waals surface area contributed by atoms with Crippen LogP contribution in [-0.4, -0.2) is 25.5 Å². The molecular weight excluding hydrogens is 348 g/mol. The van der Waals surface area contributed by atoms with E-state index >= 15 is 0 Å². The molecule has 0 bridgehead atoms. The topological polar surface area (TPSA) is 41.1 Å². The predicted molar refractivity (Wildman–Crippen MR) is 86.2 cm³/mol. The van der Waals surface area contributed by atoms with E-state index in [1.807, 2.05) is 0 Å². The zero-order valence-corrected chi connectivity index (χ0v) is 14.0. The number of carbonyl (C=O) groups is 1. The summed E-state index contributed by atoms with van der Waals surface area (Å²) in [6, 6.07) is 4.15. The smallest absolute Gasteiger partial charge is 0.220 e. The summed E-state index contributed by atoms with van der Waals surface area (Å²) >= 11 is 5.17. The summed E-state index contributed by atoms with van der Waals surface area (Å²) in [7, 11) is 0. The van der Waals surface area contributed by atoms with E-state index in [4.69, 9.17) is 0 Å². The maximum Gasteiger partial charge on any atom is 0.220 e. The van der Waals surface area contributed by atoms with Gasteiger partial charge in [-0.05, 0) is 66.3 Å². The standard InChI is InChI=1S/C13H19BrN2OS.ClH/c14-12-3-2-11(18-12)6-8-16-13(17)4-1-10-5-7-15-9-10;/h2-3,10,15H,1,4-9H2,(H,16,17);1H. The van der Waals surface area contributed by atoms with Gasteiger partial charge in [-0.1, -0.05) is 0 Å². The Labute approximate surface area is 133 Å². The molecule has 1 unspecified atom stereocenters. The molecule has 2 heterocycles. The van der Waals surface area contributed by atoms with Gasteiger partial charge in [-0.15, -0.1) is 23.7 Å². The van der Waals surface area contributed by atoms with E-state index in [-0.39, 0.29) is 18.3 Å². The maximum atomic E-state index is 11.7. The second kappa shape index (κ2) is 8.95. The highest BCUT2D eigenvalue weighted by Gasteiger charge is 2.15. The average Bonchev–Trinajstić information content (AvgIpc) is 2.98. The fourth-order valence-corrected chi connectivity index (χ4v) is 3.68. The Bertz CT molecular complexity index is 394. The molecule has 1 aliphatic rings. The highest BCUT2D eigenvalue weighted by atomic mass is 79.9. The lowest BCUT2D eigenvalue weighted by atomic mass is 10.0. The number of thiophene rings is 1.